The van der Waals surface area contributed by atoms with Crippen molar-refractivity contribution in [2.24, 2.45) is 0 Å². The summed E-state index contributed by atoms with van der Waals surface area (Å²) >= 11 is 11.9. The summed E-state index contributed by atoms with van der Waals surface area (Å²) in [5, 5.41) is 3.56. The SMILES string of the molecule is O=C(Cc1cccc(Cl)c1Cl)N[C@@H]1CCCC1=O. The molecule has 1 aliphatic rings. The highest BCUT2D eigenvalue weighted by Gasteiger charge is 2.25. The first-order valence-electron chi connectivity index (χ1n) is 5.83. The van der Waals surface area contributed by atoms with Crippen molar-refractivity contribution < 1.29 is 9.59 Å². The van der Waals surface area contributed by atoms with E-state index in [1.807, 2.05) is 0 Å². The van der Waals surface area contributed by atoms with E-state index in [4.69, 9.17) is 23.2 Å². The molecule has 2 rings (SSSR count). The second-order valence-corrected chi connectivity index (χ2v) is 5.15. The van der Waals surface area contributed by atoms with Crippen LogP contribution in [-0.4, -0.2) is 17.7 Å². The molecule has 0 saturated heterocycles. The van der Waals surface area contributed by atoms with Crippen molar-refractivity contribution >= 4 is 34.9 Å². The third-order valence-corrected chi connectivity index (χ3v) is 3.88. The van der Waals surface area contributed by atoms with Crippen LogP contribution in [0.5, 0.6) is 0 Å². The van der Waals surface area contributed by atoms with Crippen molar-refractivity contribution in [1.82, 2.24) is 5.32 Å². The van der Waals surface area contributed by atoms with Gasteiger partial charge in [-0.1, -0.05) is 35.3 Å². The average Bonchev–Trinajstić information content (AvgIpc) is 2.71. The summed E-state index contributed by atoms with van der Waals surface area (Å²) in [6, 6.07) is 4.85. The molecule has 96 valence electrons. The normalized spacial score (nSPS) is 19.0. The van der Waals surface area contributed by atoms with Crippen LogP contribution in [0.1, 0.15) is 24.8 Å². The Balaban J connectivity index is 1.99. The highest BCUT2D eigenvalue weighted by Crippen LogP contribution is 2.25. The van der Waals surface area contributed by atoms with Crippen LogP contribution in [0.2, 0.25) is 10.0 Å². The number of halogens is 2. The molecular weight excluding hydrogens is 273 g/mol. The lowest BCUT2D eigenvalue weighted by Crippen LogP contribution is -2.38. The molecule has 1 atom stereocenters. The Hall–Kier alpha value is -1.06. The van der Waals surface area contributed by atoms with E-state index in [-0.39, 0.29) is 24.2 Å². The maximum absolute atomic E-state index is 11.8. The Kier molecular flexibility index (Phi) is 4.25. The molecule has 0 unspecified atom stereocenters. The van der Waals surface area contributed by atoms with Gasteiger partial charge in [0.2, 0.25) is 5.91 Å². The molecule has 5 heteroatoms. The minimum absolute atomic E-state index is 0.112. The van der Waals surface area contributed by atoms with Gasteiger partial charge in [0.05, 0.1) is 22.5 Å². The third-order valence-electron chi connectivity index (χ3n) is 3.02. The number of benzene rings is 1. The fourth-order valence-corrected chi connectivity index (χ4v) is 2.46. The maximum Gasteiger partial charge on any atom is 0.225 e. The van der Waals surface area contributed by atoms with Gasteiger partial charge in [0.25, 0.3) is 0 Å². The van der Waals surface area contributed by atoms with Crippen LogP contribution in [0.3, 0.4) is 0 Å². The Morgan fingerprint density at radius 2 is 2.17 bits per heavy atom. The first-order valence-corrected chi connectivity index (χ1v) is 6.58. The summed E-state index contributed by atoms with van der Waals surface area (Å²) in [6.45, 7) is 0. The number of hydrogen-bond donors (Lipinski definition) is 1. The zero-order chi connectivity index (χ0) is 13.1. The topological polar surface area (TPSA) is 46.2 Å². The Bertz CT molecular complexity index is 488. The van der Waals surface area contributed by atoms with Crippen molar-refractivity contribution in [3.8, 4) is 0 Å². The van der Waals surface area contributed by atoms with Crippen LogP contribution < -0.4 is 5.32 Å². The highest BCUT2D eigenvalue weighted by atomic mass is 35.5. The number of carbonyl (C=O) groups excluding carboxylic acids is 2. The highest BCUT2D eigenvalue weighted by molar-refractivity contribution is 6.42. The summed E-state index contributed by atoms with van der Waals surface area (Å²) in [7, 11) is 0. The average molecular weight is 286 g/mol. The van der Waals surface area contributed by atoms with Crippen molar-refractivity contribution in [2.75, 3.05) is 0 Å². The minimum Gasteiger partial charge on any atom is -0.346 e. The van der Waals surface area contributed by atoms with E-state index in [2.05, 4.69) is 5.32 Å². The summed E-state index contributed by atoms with van der Waals surface area (Å²) in [5.74, 6) is -0.0834. The molecule has 0 aromatic heterocycles. The van der Waals surface area contributed by atoms with Crippen molar-refractivity contribution in [1.29, 1.82) is 0 Å². The van der Waals surface area contributed by atoms with E-state index in [9.17, 15) is 9.59 Å². The summed E-state index contributed by atoms with van der Waals surface area (Å²) in [5.41, 5.74) is 0.673. The Labute approximate surface area is 115 Å². The van der Waals surface area contributed by atoms with Gasteiger partial charge in [-0.25, -0.2) is 0 Å². The van der Waals surface area contributed by atoms with Crippen LogP contribution in [0.25, 0.3) is 0 Å². The molecule has 1 amide bonds. The quantitative estimate of drug-likeness (QED) is 0.928. The van der Waals surface area contributed by atoms with Gasteiger partial charge >= 0.3 is 0 Å². The predicted molar refractivity (Wildman–Crippen MR) is 71.0 cm³/mol. The fraction of sp³-hybridized carbons (Fsp3) is 0.385. The van der Waals surface area contributed by atoms with Gasteiger partial charge in [0.1, 0.15) is 0 Å². The fourth-order valence-electron chi connectivity index (χ4n) is 2.07. The Morgan fingerprint density at radius 3 is 2.83 bits per heavy atom. The summed E-state index contributed by atoms with van der Waals surface area (Å²) in [4.78, 5) is 23.2. The van der Waals surface area contributed by atoms with E-state index >= 15 is 0 Å². The number of nitrogens with one attached hydrogen (secondary N) is 1. The molecule has 1 aromatic rings. The van der Waals surface area contributed by atoms with Crippen molar-refractivity contribution in [3.05, 3.63) is 33.8 Å². The lowest BCUT2D eigenvalue weighted by Gasteiger charge is -2.11. The van der Waals surface area contributed by atoms with E-state index in [1.165, 1.54) is 0 Å². The molecule has 0 radical (unpaired) electrons. The molecule has 1 aliphatic carbocycles. The van der Waals surface area contributed by atoms with Gasteiger partial charge in [-0.15, -0.1) is 0 Å². The van der Waals surface area contributed by atoms with Crippen LogP contribution >= 0.6 is 23.2 Å². The predicted octanol–water partition coefficient (Wildman–Crippen LogP) is 2.77. The van der Waals surface area contributed by atoms with Gasteiger partial charge in [0.15, 0.2) is 5.78 Å². The van der Waals surface area contributed by atoms with Gasteiger partial charge in [-0.2, -0.15) is 0 Å². The van der Waals surface area contributed by atoms with Crippen molar-refractivity contribution in [2.45, 2.75) is 31.7 Å². The lowest BCUT2D eigenvalue weighted by molar-refractivity contribution is -0.126. The zero-order valence-electron chi connectivity index (χ0n) is 9.71. The molecular formula is C13H13Cl2NO2. The molecule has 18 heavy (non-hydrogen) atoms. The van der Waals surface area contributed by atoms with Crippen LogP contribution in [0, 0.1) is 0 Å². The van der Waals surface area contributed by atoms with Crippen LogP contribution in [0.15, 0.2) is 18.2 Å². The molecule has 0 aliphatic heterocycles. The number of ketones is 1. The molecule has 1 fully saturated rings. The minimum atomic E-state index is -0.324. The van der Waals surface area contributed by atoms with E-state index in [0.717, 1.165) is 12.8 Å². The second-order valence-electron chi connectivity index (χ2n) is 4.37. The van der Waals surface area contributed by atoms with Crippen LogP contribution in [-0.2, 0) is 16.0 Å². The van der Waals surface area contributed by atoms with Gasteiger partial charge in [-0.05, 0) is 24.5 Å². The second kappa shape index (κ2) is 5.72. The standard InChI is InChI=1S/C13H13Cl2NO2/c14-9-4-1-3-8(13(9)15)7-12(18)16-10-5-2-6-11(10)17/h1,3-4,10H,2,5-7H2,(H,16,18)/t10-/m1/s1. The number of amides is 1. The third kappa shape index (κ3) is 3.03. The number of carbonyl (C=O) groups is 2. The molecule has 1 aromatic carbocycles. The molecule has 0 heterocycles. The summed E-state index contributed by atoms with van der Waals surface area (Å²) in [6.07, 6.45) is 2.28. The van der Waals surface area contributed by atoms with Crippen LogP contribution in [0.4, 0.5) is 0 Å². The first-order chi connectivity index (χ1) is 8.58. The van der Waals surface area contributed by atoms with E-state index in [0.29, 0.717) is 22.0 Å². The lowest BCUT2D eigenvalue weighted by atomic mass is 10.1. The number of hydrogen-bond acceptors (Lipinski definition) is 2. The Morgan fingerprint density at radius 1 is 1.39 bits per heavy atom. The molecule has 0 bridgehead atoms. The first kappa shape index (κ1) is 13.4. The smallest absolute Gasteiger partial charge is 0.225 e. The number of Topliss-reactive ketones (excluding diaryl/α,β-unsaturated/α-hetero) is 1. The molecule has 1 saturated carbocycles. The van der Waals surface area contributed by atoms with E-state index < -0.39 is 0 Å². The van der Waals surface area contributed by atoms with Crippen molar-refractivity contribution in [3.63, 3.8) is 0 Å². The molecule has 0 spiro atoms. The molecule has 3 nitrogen and oxygen atoms in total. The van der Waals surface area contributed by atoms with Gasteiger partial charge in [-0.3, -0.25) is 9.59 Å². The van der Waals surface area contributed by atoms with Gasteiger partial charge in [0, 0.05) is 6.42 Å². The maximum atomic E-state index is 11.8. The monoisotopic (exact) mass is 285 g/mol. The van der Waals surface area contributed by atoms with Gasteiger partial charge < -0.3 is 5.32 Å². The summed E-state index contributed by atoms with van der Waals surface area (Å²) < 4.78 is 0. The number of rotatable bonds is 3. The zero-order valence-corrected chi connectivity index (χ0v) is 11.2. The molecule has 1 N–H and O–H groups in total. The largest absolute Gasteiger partial charge is 0.346 e. The van der Waals surface area contributed by atoms with E-state index in [1.54, 1.807) is 18.2 Å².